The van der Waals surface area contributed by atoms with E-state index >= 15 is 0 Å². The molecule has 0 aliphatic carbocycles. The summed E-state index contributed by atoms with van der Waals surface area (Å²) >= 11 is 0. The van der Waals surface area contributed by atoms with Crippen molar-refractivity contribution >= 4 is 21.9 Å². The Morgan fingerprint density at radius 2 is 1.69 bits per heavy atom. The van der Waals surface area contributed by atoms with Gasteiger partial charge in [0, 0.05) is 64.9 Å². The summed E-state index contributed by atoms with van der Waals surface area (Å²) in [6.07, 6.45) is 9.05. The number of benzene rings is 1. The first kappa shape index (κ1) is 18.4. The quantitative estimate of drug-likeness (QED) is 0.386. The summed E-state index contributed by atoms with van der Waals surface area (Å²) in [6, 6.07) is 16.6. The van der Waals surface area contributed by atoms with Gasteiger partial charge in [0.15, 0.2) is 5.65 Å². The minimum absolute atomic E-state index is 0.447. The Kier molecular flexibility index (Phi) is 4.26. The van der Waals surface area contributed by atoms with E-state index in [0.717, 1.165) is 61.1 Å². The Labute approximate surface area is 183 Å². The fourth-order valence-electron chi connectivity index (χ4n) is 4.09. The molecule has 5 heterocycles. The maximum atomic E-state index is 5.78. The van der Waals surface area contributed by atoms with Crippen LogP contribution in [0.2, 0.25) is 0 Å². The molecule has 0 amide bonds. The van der Waals surface area contributed by atoms with Crippen LogP contribution in [0.1, 0.15) is 5.56 Å². The molecule has 0 atom stereocenters. The maximum Gasteiger partial charge on any atom is 0.155 e. The topological polar surface area (TPSA) is 109 Å². The number of nitrogens with one attached hydrogen (secondary N) is 2. The molecule has 0 bridgehead atoms. The molecule has 0 fully saturated rings. The molecule has 4 N–H and O–H groups in total. The van der Waals surface area contributed by atoms with Crippen molar-refractivity contribution in [1.29, 1.82) is 0 Å². The Morgan fingerprint density at radius 3 is 2.56 bits per heavy atom. The molecule has 0 aliphatic rings. The highest BCUT2D eigenvalue weighted by Crippen LogP contribution is 2.34. The fraction of sp³-hybridized carbons (Fsp3) is 0.0400. The normalized spacial score (nSPS) is 11.4. The second-order valence-electron chi connectivity index (χ2n) is 7.66. The molecule has 32 heavy (non-hydrogen) atoms. The molecular weight excluding hydrogens is 398 g/mol. The van der Waals surface area contributed by atoms with Crippen LogP contribution in [-0.4, -0.2) is 30.1 Å². The number of nitrogens with zero attached hydrogens (tertiary/aromatic N) is 4. The molecule has 154 valence electrons. The second kappa shape index (κ2) is 7.40. The molecule has 0 spiro atoms. The molecule has 0 unspecified atom stereocenters. The van der Waals surface area contributed by atoms with Crippen LogP contribution in [0, 0.1) is 0 Å². The van der Waals surface area contributed by atoms with E-state index < -0.39 is 0 Å². The maximum absolute atomic E-state index is 5.78. The summed E-state index contributed by atoms with van der Waals surface area (Å²) in [5.41, 5.74) is 14.5. The third-order valence-corrected chi connectivity index (χ3v) is 5.69. The molecule has 7 nitrogen and oxygen atoms in total. The van der Waals surface area contributed by atoms with Gasteiger partial charge in [-0.2, -0.15) is 5.10 Å². The van der Waals surface area contributed by atoms with Crippen LogP contribution in [0.5, 0.6) is 0 Å². The Bertz CT molecular complexity index is 1560. The Morgan fingerprint density at radius 1 is 0.812 bits per heavy atom. The van der Waals surface area contributed by atoms with Gasteiger partial charge in [-0.15, -0.1) is 0 Å². The predicted octanol–water partition coefficient (Wildman–Crippen LogP) is 4.69. The first-order valence-corrected chi connectivity index (χ1v) is 10.3. The van der Waals surface area contributed by atoms with Gasteiger partial charge in [-0.25, -0.2) is 4.98 Å². The summed E-state index contributed by atoms with van der Waals surface area (Å²) in [7, 11) is 0. The van der Waals surface area contributed by atoms with Crippen molar-refractivity contribution < 1.29 is 0 Å². The van der Waals surface area contributed by atoms with Crippen LogP contribution in [0.25, 0.3) is 55.6 Å². The van der Waals surface area contributed by atoms with Crippen LogP contribution in [-0.2, 0) is 6.54 Å². The lowest BCUT2D eigenvalue weighted by molar-refractivity contribution is 1.05. The number of nitrogens with two attached hydrogens (primary N) is 1. The van der Waals surface area contributed by atoms with Gasteiger partial charge in [0.1, 0.15) is 5.69 Å². The summed E-state index contributed by atoms with van der Waals surface area (Å²) in [4.78, 5) is 16.5. The van der Waals surface area contributed by atoms with E-state index in [-0.39, 0.29) is 0 Å². The van der Waals surface area contributed by atoms with Gasteiger partial charge in [-0.05, 0) is 53.1 Å². The first-order valence-electron chi connectivity index (χ1n) is 10.3. The van der Waals surface area contributed by atoms with E-state index in [9.17, 15) is 0 Å². The second-order valence-corrected chi connectivity index (χ2v) is 7.66. The average Bonchev–Trinajstić information content (AvgIpc) is 3.48. The van der Waals surface area contributed by atoms with Crippen molar-refractivity contribution in [1.82, 2.24) is 30.1 Å². The molecule has 6 rings (SSSR count). The van der Waals surface area contributed by atoms with E-state index in [1.54, 1.807) is 6.20 Å². The average molecular weight is 417 g/mol. The standard InChI is InChI=1S/C25H19N7/c26-11-15-8-17(13-28-12-15)18-9-21-24(31-32-25(21)29-14-18)23-10-20-19(2-1-3-22(20)30-23)16-4-6-27-7-5-16/h1-10,12-14,30H,11,26H2,(H,29,31,32). The lowest BCUT2D eigenvalue weighted by Gasteiger charge is -2.03. The van der Waals surface area contributed by atoms with Crippen LogP contribution < -0.4 is 5.73 Å². The zero-order valence-electron chi connectivity index (χ0n) is 17.1. The zero-order valence-corrected chi connectivity index (χ0v) is 17.1. The van der Waals surface area contributed by atoms with Crippen LogP contribution in [0.4, 0.5) is 0 Å². The number of fused-ring (bicyclic) bond motifs is 2. The molecule has 0 radical (unpaired) electrons. The molecule has 5 aromatic heterocycles. The number of aromatic nitrogens is 6. The number of hydrogen-bond acceptors (Lipinski definition) is 5. The SMILES string of the molecule is NCc1cncc(-c2cnc3[nH]nc(-c4cc5c(-c6ccncc6)cccc5[nH]4)c3c2)c1. The number of hydrogen-bond donors (Lipinski definition) is 3. The van der Waals surface area contributed by atoms with E-state index in [0.29, 0.717) is 6.54 Å². The summed E-state index contributed by atoms with van der Waals surface area (Å²) < 4.78 is 0. The largest absolute Gasteiger partial charge is 0.353 e. The van der Waals surface area contributed by atoms with Crippen LogP contribution in [0.15, 0.2) is 79.5 Å². The van der Waals surface area contributed by atoms with Crippen molar-refractivity contribution in [3.8, 4) is 33.6 Å². The Hall–Kier alpha value is -4.36. The van der Waals surface area contributed by atoms with Gasteiger partial charge in [0.05, 0.1) is 5.69 Å². The highest BCUT2D eigenvalue weighted by atomic mass is 15.2. The molecule has 7 heteroatoms. The van der Waals surface area contributed by atoms with E-state index in [2.05, 4.69) is 60.5 Å². The highest BCUT2D eigenvalue weighted by Gasteiger charge is 2.15. The minimum atomic E-state index is 0.447. The third-order valence-electron chi connectivity index (χ3n) is 5.69. The van der Waals surface area contributed by atoms with Gasteiger partial charge in [0.25, 0.3) is 0 Å². The molecule has 0 saturated heterocycles. The minimum Gasteiger partial charge on any atom is -0.353 e. The van der Waals surface area contributed by atoms with Crippen LogP contribution in [0.3, 0.4) is 0 Å². The van der Waals surface area contributed by atoms with Crippen molar-refractivity contribution in [3.63, 3.8) is 0 Å². The zero-order chi connectivity index (χ0) is 21.5. The van der Waals surface area contributed by atoms with Crippen molar-refractivity contribution in [2.75, 3.05) is 0 Å². The molecule has 1 aromatic carbocycles. The summed E-state index contributed by atoms with van der Waals surface area (Å²) in [5.74, 6) is 0. The first-order chi connectivity index (χ1) is 15.8. The van der Waals surface area contributed by atoms with E-state index in [1.807, 2.05) is 43.0 Å². The van der Waals surface area contributed by atoms with Gasteiger partial charge >= 0.3 is 0 Å². The fourth-order valence-corrected chi connectivity index (χ4v) is 4.09. The lowest BCUT2D eigenvalue weighted by atomic mass is 10.0. The van der Waals surface area contributed by atoms with Crippen molar-refractivity contribution in [2.45, 2.75) is 6.54 Å². The number of aromatic amines is 2. The van der Waals surface area contributed by atoms with Gasteiger partial charge < -0.3 is 10.7 Å². The van der Waals surface area contributed by atoms with Crippen molar-refractivity contribution in [3.05, 3.63) is 85.1 Å². The van der Waals surface area contributed by atoms with Gasteiger partial charge in [-0.1, -0.05) is 12.1 Å². The summed E-state index contributed by atoms with van der Waals surface area (Å²) in [5, 5.41) is 9.70. The predicted molar refractivity (Wildman–Crippen MR) is 126 cm³/mol. The lowest BCUT2D eigenvalue weighted by Crippen LogP contribution is -1.97. The van der Waals surface area contributed by atoms with Crippen LogP contribution >= 0.6 is 0 Å². The molecule has 6 aromatic rings. The third kappa shape index (κ3) is 3.03. The van der Waals surface area contributed by atoms with Gasteiger partial charge in [0.2, 0.25) is 0 Å². The number of rotatable bonds is 4. The van der Waals surface area contributed by atoms with E-state index in [1.165, 1.54) is 0 Å². The highest BCUT2D eigenvalue weighted by molar-refractivity contribution is 6.01. The number of H-pyrrole nitrogens is 2. The Balaban J connectivity index is 1.50. The van der Waals surface area contributed by atoms with Crippen molar-refractivity contribution in [2.24, 2.45) is 5.73 Å². The smallest absolute Gasteiger partial charge is 0.155 e. The monoisotopic (exact) mass is 417 g/mol. The molecule has 0 saturated carbocycles. The molecular formula is C25H19N7. The molecule has 0 aliphatic heterocycles. The van der Waals surface area contributed by atoms with E-state index in [4.69, 9.17) is 5.73 Å². The number of pyridine rings is 3. The summed E-state index contributed by atoms with van der Waals surface area (Å²) in [6.45, 7) is 0.447. The van der Waals surface area contributed by atoms with Gasteiger partial charge in [-0.3, -0.25) is 15.1 Å².